The summed E-state index contributed by atoms with van der Waals surface area (Å²) in [7, 11) is 0. The van der Waals surface area contributed by atoms with Crippen molar-refractivity contribution in [1.82, 2.24) is 9.80 Å². The summed E-state index contributed by atoms with van der Waals surface area (Å²) in [6.07, 6.45) is 4.05. The quantitative estimate of drug-likeness (QED) is 0.622. The van der Waals surface area contributed by atoms with Crippen LogP contribution in [-0.4, -0.2) is 60.9 Å². The Labute approximate surface area is 190 Å². The number of nitrogens with zero attached hydrogens (tertiary/aromatic N) is 2. The van der Waals surface area contributed by atoms with Crippen LogP contribution in [0.5, 0.6) is 0 Å². The van der Waals surface area contributed by atoms with Gasteiger partial charge in [0.1, 0.15) is 5.82 Å². The largest absolute Gasteiger partial charge is 0.353 e. The second-order valence-corrected chi connectivity index (χ2v) is 8.70. The lowest BCUT2D eigenvalue weighted by atomic mass is 10.0. The summed E-state index contributed by atoms with van der Waals surface area (Å²) < 4.78 is 24.7. The van der Waals surface area contributed by atoms with Gasteiger partial charge in [0.25, 0.3) is 0 Å². The molecule has 0 spiro atoms. The zero-order valence-electron chi connectivity index (χ0n) is 18.6. The van der Waals surface area contributed by atoms with Crippen LogP contribution >= 0.6 is 0 Å². The van der Waals surface area contributed by atoms with Gasteiger partial charge in [0, 0.05) is 38.6 Å². The maximum absolute atomic E-state index is 13.4. The molecule has 0 radical (unpaired) electrons. The molecule has 0 aromatic heterocycles. The molecule has 2 aromatic rings. The monoisotopic (exact) mass is 440 g/mol. The summed E-state index contributed by atoms with van der Waals surface area (Å²) in [5.74, 6) is -0.127. The van der Waals surface area contributed by atoms with Gasteiger partial charge in [-0.25, -0.2) is 4.39 Å². The molecule has 2 saturated heterocycles. The highest BCUT2D eigenvalue weighted by Gasteiger charge is 2.28. The number of benzene rings is 2. The summed E-state index contributed by atoms with van der Waals surface area (Å²) in [6.45, 7) is 4.95. The molecule has 6 heteroatoms. The fourth-order valence-corrected chi connectivity index (χ4v) is 4.53. The van der Waals surface area contributed by atoms with Crippen LogP contribution in [0.2, 0.25) is 0 Å². The Balaban J connectivity index is 1.35. The van der Waals surface area contributed by atoms with E-state index in [9.17, 15) is 9.18 Å². The number of halogens is 1. The number of likely N-dealkylation sites (tertiary alicyclic amines) is 1. The summed E-state index contributed by atoms with van der Waals surface area (Å²) in [6, 6.07) is 16.5. The van der Waals surface area contributed by atoms with E-state index in [1.54, 1.807) is 12.1 Å². The maximum atomic E-state index is 13.4. The van der Waals surface area contributed by atoms with E-state index in [0.29, 0.717) is 13.0 Å². The Morgan fingerprint density at radius 2 is 1.66 bits per heavy atom. The Bertz CT molecular complexity index is 832. The highest BCUT2D eigenvalue weighted by Crippen LogP contribution is 2.22. The van der Waals surface area contributed by atoms with E-state index in [4.69, 9.17) is 9.47 Å². The number of piperidine rings is 1. The average Bonchev–Trinajstić information content (AvgIpc) is 2.84. The van der Waals surface area contributed by atoms with E-state index in [2.05, 4.69) is 4.90 Å². The lowest BCUT2D eigenvalue weighted by Gasteiger charge is -2.39. The molecule has 0 atom stereocenters. The molecule has 2 aliphatic heterocycles. The predicted molar refractivity (Wildman–Crippen MR) is 121 cm³/mol. The van der Waals surface area contributed by atoms with E-state index >= 15 is 0 Å². The number of amides is 1. The molecule has 2 heterocycles. The highest BCUT2D eigenvalue weighted by molar-refractivity contribution is 5.79. The van der Waals surface area contributed by atoms with E-state index in [-0.39, 0.29) is 24.1 Å². The smallest absolute Gasteiger partial charge is 0.227 e. The molecule has 1 amide bonds. The summed E-state index contributed by atoms with van der Waals surface area (Å²) >= 11 is 0. The molecule has 32 heavy (non-hydrogen) atoms. The Morgan fingerprint density at radius 1 is 0.969 bits per heavy atom. The maximum Gasteiger partial charge on any atom is 0.227 e. The molecule has 172 valence electrons. The van der Waals surface area contributed by atoms with Gasteiger partial charge >= 0.3 is 0 Å². The molecule has 0 aliphatic carbocycles. The van der Waals surface area contributed by atoms with Crippen LogP contribution in [0.25, 0.3) is 0 Å². The van der Waals surface area contributed by atoms with Crippen LogP contribution in [0, 0.1) is 5.82 Å². The SMILES string of the molecule is O=C(Cc1ccccc1)N(Cc1ccc(F)cc1)C1CCN(CCC2OCCCO2)CC1. The van der Waals surface area contributed by atoms with Gasteiger partial charge in [-0.1, -0.05) is 42.5 Å². The molecular formula is C26H33FN2O3. The highest BCUT2D eigenvalue weighted by atomic mass is 19.1. The molecule has 0 unspecified atom stereocenters. The van der Waals surface area contributed by atoms with Crippen molar-refractivity contribution in [2.75, 3.05) is 32.8 Å². The summed E-state index contributed by atoms with van der Waals surface area (Å²) in [5.41, 5.74) is 1.98. The topological polar surface area (TPSA) is 42.0 Å². The van der Waals surface area contributed by atoms with Gasteiger partial charge in [-0.3, -0.25) is 4.79 Å². The fraction of sp³-hybridized carbons (Fsp3) is 0.500. The van der Waals surface area contributed by atoms with Crippen LogP contribution < -0.4 is 0 Å². The minimum atomic E-state index is -0.254. The Morgan fingerprint density at radius 3 is 2.34 bits per heavy atom. The Hall–Kier alpha value is -2.28. The van der Waals surface area contributed by atoms with Crippen LogP contribution in [0.3, 0.4) is 0 Å². The van der Waals surface area contributed by atoms with Gasteiger partial charge in [-0.05, 0) is 42.5 Å². The summed E-state index contributed by atoms with van der Waals surface area (Å²) in [4.78, 5) is 17.7. The lowest BCUT2D eigenvalue weighted by molar-refractivity contribution is -0.182. The molecule has 0 saturated carbocycles. The van der Waals surface area contributed by atoms with Crippen molar-refractivity contribution >= 4 is 5.91 Å². The third-order valence-corrected chi connectivity index (χ3v) is 6.36. The standard InChI is InChI=1S/C26H33FN2O3/c27-23-9-7-22(8-10-23)20-29(25(30)19-21-5-2-1-3-6-21)24-11-14-28(15-12-24)16-13-26-31-17-4-18-32-26/h1-3,5-10,24,26H,4,11-20H2. The molecule has 5 nitrogen and oxygen atoms in total. The lowest BCUT2D eigenvalue weighted by Crippen LogP contribution is -2.48. The number of carbonyl (C=O) groups is 1. The second-order valence-electron chi connectivity index (χ2n) is 8.70. The minimum absolute atomic E-state index is 0.0797. The second kappa shape index (κ2) is 11.5. The van der Waals surface area contributed by atoms with Gasteiger partial charge in [0.2, 0.25) is 5.91 Å². The van der Waals surface area contributed by atoms with Gasteiger partial charge in [0.15, 0.2) is 6.29 Å². The van der Waals surface area contributed by atoms with Gasteiger partial charge in [0.05, 0.1) is 19.6 Å². The van der Waals surface area contributed by atoms with Crippen LogP contribution in [0.15, 0.2) is 54.6 Å². The molecular weight excluding hydrogens is 407 g/mol. The number of ether oxygens (including phenoxy) is 2. The number of carbonyl (C=O) groups excluding carboxylic acids is 1. The molecule has 0 N–H and O–H groups in total. The zero-order chi connectivity index (χ0) is 22.2. The predicted octanol–water partition coefficient (Wildman–Crippen LogP) is 4.01. The minimum Gasteiger partial charge on any atom is -0.353 e. The van der Waals surface area contributed by atoms with Gasteiger partial charge in [-0.2, -0.15) is 0 Å². The van der Waals surface area contributed by atoms with Crippen molar-refractivity contribution in [1.29, 1.82) is 0 Å². The van der Waals surface area contributed by atoms with Crippen molar-refractivity contribution in [3.05, 3.63) is 71.5 Å². The fourth-order valence-electron chi connectivity index (χ4n) is 4.53. The first-order valence-electron chi connectivity index (χ1n) is 11.7. The normalized spacial score (nSPS) is 18.5. The molecule has 2 fully saturated rings. The Kier molecular flexibility index (Phi) is 8.26. The average molecular weight is 441 g/mol. The first-order valence-corrected chi connectivity index (χ1v) is 11.7. The van der Waals surface area contributed by atoms with Crippen LogP contribution in [0.4, 0.5) is 4.39 Å². The van der Waals surface area contributed by atoms with Crippen molar-refractivity contribution in [2.24, 2.45) is 0 Å². The first kappa shape index (κ1) is 22.9. The van der Waals surface area contributed by atoms with Crippen LogP contribution in [-0.2, 0) is 27.2 Å². The van der Waals surface area contributed by atoms with E-state index in [0.717, 1.165) is 69.7 Å². The van der Waals surface area contributed by atoms with Crippen LogP contribution in [0.1, 0.15) is 36.8 Å². The third kappa shape index (κ3) is 6.61. The number of hydrogen-bond acceptors (Lipinski definition) is 4. The zero-order valence-corrected chi connectivity index (χ0v) is 18.6. The molecule has 0 bridgehead atoms. The van der Waals surface area contributed by atoms with E-state index in [1.807, 2.05) is 35.2 Å². The molecule has 2 aromatic carbocycles. The first-order chi connectivity index (χ1) is 15.7. The van der Waals surface area contributed by atoms with Crippen molar-refractivity contribution in [2.45, 2.75) is 51.0 Å². The molecule has 2 aliphatic rings. The van der Waals surface area contributed by atoms with E-state index in [1.165, 1.54) is 12.1 Å². The summed E-state index contributed by atoms with van der Waals surface area (Å²) in [5, 5.41) is 0. The number of rotatable bonds is 8. The molecule has 4 rings (SSSR count). The van der Waals surface area contributed by atoms with Crippen molar-refractivity contribution in [3.8, 4) is 0 Å². The van der Waals surface area contributed by atoms with Gasteiger partial charge in [-0.15, -0.1) is 0 Å². The van der Waals surface area contributed by atoms with E-state index < -0.39 is 0 Å². The van der Waals surface area contributed by atoms with Crippen molar-refractivity contribution < 1.29 is 18.7 Å². The number of hydrogen-bond donors (Lipinski definition) is 0. The third-order valence-electron chi connectivity index (χ3n) is 6.36. The van der Waals surface area contributed by atoms with Crippen molar-refractivity contribution in [3.63, 3.8) is 0 Å². The van der Waals surface area contributed by atoms with Gasteiger partial charge < -0.3 is 19.3 Å².